The van der Waals surface area contributed by atoms with E-state index in [2.05, 4.69) is 65.8 Å². The molecule has 2 fully saturated rings. The largest absolute Gasteiger partial charge is 0.358 e. The van der Waals surface area contributed by atoms with Crippen molar-refractivity contribution >= 4 is 92.6 Å². The molecule has 4 aliphatic rings. The van der Waals surface area contributed by atoms with Crippen molar-refractivity contribution in [2.45, 2.75) is 110 Å². The van der Waals surface area contributed by atoms with Gasteiger partial charge in [0, 0.05) is 61.4 Å². The van der Waals surface area contributed by atoms with E-state index in [1.165, 1.54) is 33.8 Å². The maximum absolute atomic E-state index is 13.0. The number of thiocarbonyl (C=S) groups is 1. The van der Waals surface area contributed by atoms with Crippen LogP contribution in [0.25, 0.3) is 0 Å². The van der Waals surface area contributed by atoms with Crippen LogP contribution in [0, 0.1) is 13.8 Å². The van der Waals surface area contributed by atoms with Crippen molar-refractivity contribution in [3.05, 3.63) is 125 Å². The maximum Gasteiger partial charge on any atom is 0.319 e. The van der Waals surface area contributed by atoms with Gasteiger partial charge in [-0.3, -0.25) is 19.2 Å². The number of rotatable bonds is 9. The first-order valence-corrected chi connectivity index (χ1v) is 23.9. The van der Waals surface area contributed by atoms with Crippen molar-refractivity contribution in [3.63, 3.8) is 0 Å². The molecule has 17 heteroatoms. The van der Waals surface area contributed by atoms with Gasteiger partial charge in [0.05, 0.1) is 24.2 Å². The Hall–Kier alpha value is -5.55. The molecule has 0 spiro atoms. The van der Waals surface area contributed by atoms with E-state index in [0.717, 1.165) is 63.5 Å². The Bertz CT molecular complexity index is 2550. The number of carbonyl (C=O) groups is 5. The van der Waals surface area contributed by atoms with Gasteiger partial charge in [0.2, 0.25) is 11.8 Å². The van der Waals surface area contributed by atoms with Crippen LogP contribution in [0.2, 0.25) is 5.02 Å². The first-order chi connectivity index (χ1) is 30.6. The molecule has 0 bridgehead atoms. The molecule has 0 aliphatic carbocycles. The van der Waals surface area contributed by atoms with Crippen molar-refractivity contribution < 1.29 is 24.0 Å². The molecule has 64 heavy (non-hydrogen) atoms. The summed E-state index contributed by atoms with van der Waals surface area (Å²) in [4.78, 5) is 68.8. The summed E-state index contributed by atoms with van der Waals surface area (Å²) in [5, 5.41) is 22.6. The number of nitrogens with zero attached hydrogens (tertiary/aromatic N) is 2. The lowest BCUT2D eigenvalue weighted by Gasteiger charge is -2.25. The standard InChI is InChI=1S/C25H30N4O3S.C22H23ClN4O2S2/c1-14(2)18-10-17(9-8-15(18)3)28-25(32)26-11-22-19-12-29(24(31)20(19)13-33-22)21-7-5-6-16(4)27-23(21)30;1-12-6-7-14(8-17(12)23)26-22(30)24-9-19-15-10-27(21(29)16(15)11-31-19)18-5-3-4-13(2)25-20(18)28/h8-10,13-14,21H,4-7,11-12H2,1-3H3,(H,27,30)(H2,26,28,32);6-8,11,18H,2-5,9-10H2,1H3,(H,25,28)(H2,24,26,30)/t21-;18-/m00/s1. The van der Waals surface area contributed by atoms with E-state index in [1.807, 2.05) is 54.1 Å². The van der Waals surface area contributed by atoms with Crippen molar-refractivity contribution in [1.82, 2.24) is 31.1 Å². The normalized spacial score (nSPS) is 18.3. The van der Waals surface area contributed by atoms with Gasteiger partial charge in [0.25, 0.3) is 11.8 Å². The van der Waals surface area contributed by atoms with Gasteiger partial charge >= 0.3 is 6.03 Å². The fourth-order valence-electron chi connectivity index (χ4n) is 8.34. The number of amides is 6. The number of aryl methyl sites for hydroxylation is 2. The third kappa shape index (κ3) is 10.5. The number of allylic oxidation sites excluding steroid dienone is 2. The Balaban J connectivity index is 0.000000192. The Morgan fingerprint density at radius 2 is 1.28 bits per heavy atom. The molecule has 2 aromatic heterocycles. The van der Waals surface area contributed by atoms with Gasteiger partial charge in [0.15, 0.2) is 5.11 Å². The lowest BCUT2D eigenvalue weighted by atomic mass is 9.97. The van der Waals surface area contributed by atoms with Gasteiger partial charge in [-0.1, -0.05) is 50.7 Å². The van der Waals surface area contributed by atoms with Gasteiger partial charge in [-0.05, 0) is 123 Å². The molecule has 6 heterocycles. The van der Waals surface area contributed by atoms with Crippen molar-refractivity contribution in [2.24, 2.45) is 0 Å². The molecule has 4 aromatic rings. The van der Waals surface area contributed by atoms with E-state index < -0.39 is 12.1 Å². The summed E-state index contributed by atoms with van der Waals surface area (Å²) >= 11 is 14.6. The molecule has 336 valence electrons. The summed E-state index contributed by atoms with van der Waals surface area (Å²) in [6, 6.07) is 10.3. The molecule has 6 N–H and O–H groups in total. The average molecular weight is 942 g/mol. The monoisotopic (exact) mass is 940 g/mol. The maximum atomic E-state index is 13.0. The van der Waals surface area contributed by atoms with Gasteiger partial charge in [-0.2, -0.15) is 0 Å². The molecule has 0 saturated carbocycles. The predicted molar refractivity (Wildman–Crippen MR) is 259 cm³/mol. The van der Waals surface area contributed by atoms with Crippen LogP contribution in [0.15, 0.2) is 71.7 Å². The Morgan fingerprint density at radius 3 is 1.80 bits per heavy atom. The highest BCUT2D eigenvalue weighted by Crippen LogP contribution is 2.36. The minimum absolute atomic E-state index is 0.0832. The molecule has 2 saturated heterocycles. The van der Waals surface area contributed by atoms with Crippen LogP contribution in [0.5, 0.6) is 0 Å². The zero-order valence-electron chi connectivity index (χ0n) is 36.4. The van der Waals surface area contributed by atoms with Crippen LogP contribution in [-0.4, -0.2) is 56.7 Å². The quantitative estimate of drug-likeness (QED) is 0.0907. The second-order valence-corrected chi connectivity index (χ2v) is 19.5. The summed E-state index contributed by atoms with van der Waals surface area (Å²) in [5.74, 6) is -0.146. The van der Waals surface area contributed by atoms with Crippen LogP contribution in [-0.2, 0) is 35.8 Å². The first-order valence-electron chi connectivity index (χ1n) is 21.3. The number of urea groups is 1. The van der Waals surface area contributed by atoms with E-state index >= 15 is 0 Å². The Morgan fingerprint density at radius 1 is 0.781 bits per heavy atom. The molecule has 4 aliphatic heterocycles. The van der Waals surface area contributed by atoms with Crippen LogP contribution in [0.3, 0.4) is 0 Å². The summed E-state index contributed by atoms with van der Waals surface area (Å²) in [5.41, 5.74) is 9.57. The zero-order chi connectivity index (χ0) is 45.8. The van der Waals surface area contributed by atoms with Gasteiger partial charge < -0.3 is 41.7 Å². The molecule has 0 unspecified atom stereocenters. The predicted octanol–water partition coefficient (Wildman–Crippen LogP) is 8.97. The number of hydrogen-bond acceptors (Lipinski definition) is 8. The summed E-state index contributed by atoms with van der Waals surface area (Å²) in [6.07, 6.45) is 4.38. The number of nitrogens with one attached hydrogen (secondary N) is 6. The SMILES string of the molecule is C=C1CCC[C@H](N2Cc3c(csc3CNC(=O)Nc3ccc(C)c(C(C)C)c3)C2=O)C(=O)N1.C=C1CCC[C@H](N2Cc3c(csc3CNC(=S)Nc3ccc(C)c(Cl)c3)C2=O)C(=O)N1. The minimum Gasteiger partial charge on any atom is -0.358 e. The van der Waals surface area contributed by atoms with E-state index in [9.17, 15) is 24.0 Å². The fraction of sp³-hybridized carbons (Fsp3) is 0.362. The second kappa shape index (κ2) is 20.1. The number of fused-ring (bicyclic) bond motifs is 2. The third-order valence-electron chi connectivity index (χ3n) is 11.9. The van der Waals surface area contributed by atoms with Crippen molar-refractivity contribution in [2.75, 3.05) is 10.6 Å². The van der Waals surface area contributed by atoms with E-state index in [-0.39, 0.29) is 29.7 Å². The second-order valence-electron chi connectivity index (χ2n) is 16.8. The van der Waals surface area contributed by atoms with Crippen LogP contribution < -0.4 is 31.9 Å². The highest BCUT2D eigenvalue weighted by molar-refractivity contribution is 7.80. The number of halogens is 1. The van der Waals surface area contributed by atoms with Gasteiger partial charge in [0.1, 0.15) is 12.1 Å². The summed E-state index contributed by atoms with van der Waals surface area (Å²) in [6.45, 7) is 17.6. The van der Waals surface area contributed by atoms with Crippen molar-refractivity contribution in [3.8, 4) is 0 Å². The fourth-order valence-corrected chi connectivity index (χ4v) is 10.7. The van der Waals surface area contributed by atoms with Crippen LogP contribution in [0.4, 0.5) is 16.2 Å². The number of benzene rings is 2. The van der Waals surface area contributed by atoms with E-state index in [4.69, 9.17) is 23.8 Å². The summed E-state index contributed by atoms with van der Waals surface area (Å²) < 4.78 is 0. The highest BCUT2D eigenvalue weighted by atomic mass is 35.5. The van der Waals surface area contributed by atoms with Crippen molar-refractivity contribution in [1.29, 1.82) is 0 Å². The Labute approximate surface area is 392 Å². The molecule has 2 atom stereocenters. The zero-order valence-corrected chi connectivity index (χ0v) is 39.6. The first kappa shape index (κ1) is 46.4. The van der Waals surface area contributed by atoms with Gasteiger partial charge in [-0.15, -0.1) is 22.7 Å². The number of hydrogen-bond donors (Lipinski definition) is 6. The van der Waals surface area contributed by atoms with E-state index in [0.29, 0.717) is 77.6 Å². The average Bonchev–Trinajstić information content (AvgIpc) is 3.95. The molecule has 6 amide bonds. The third-order valence-corrected chi connectivity index (χ3v) is 14.6. The molecule has 0 radical (unpaired) electrons. The lowest BCUT2D eigenvalue weighted by molar-refractivity contribution is -0.125. The molecule has 2 aromatic carbocycles. The number of thiophene rings is 2. The van der Waals surface area contributed by atoms with Crippen LogP contribution in [0.1, 0.15) is 117 Å². The molecule has 8 rings (SSSR count). The van der Waals surface area contributed by atoms with Gasteiger partial charge in [-0.25, -0.2) is 4.79 Å². The highest BCUT2D eigenvalue weighted by Gasteiger charge is 2.40. The number of anilines is 2. The molecular formula is C47H53ClN8O5S3. The molecular weight excluding hydrogens is 888 g/mol. The smallest absolute Gasteiger partial charge is 0.319 e. The number of carbonyl (C=O) groups excluding carboxylic acids is 5. The van der Waals surface area contributed by atoms with E-state index in [1.54, 1.807) is 9.80 Å². The minimum atomic E-state index is -0.491. The molecule has 13 nitrogen and oxygen atoms in total. The lowest BCUT2D eigenvalue weighted by Crippen LogP contribution is -2.45. The topological polar surface area (TPSA) is 164 Å². The Kier molecular flexibility index (Phi) is 14.6. The van der Waals surface area contributed by atoms with Crippen LogP contribution >= 0.6 is 46.5 Å². The summed E-state index contributed by atoms with van der Waals surface area (Å²) in [7, 11) is 0.